The molecule has 0 aliphatic carbocycles. The first-order valence-corrected chi connectivity index (χ1v) is 6.74. The minimum Gasteiger partial charge on any atom is -0.394 e. The fourth-order valence-corrected chi connectivity index (χ4v) is 2.52. The number of anilines is 1. The predicted molar refractivity (Wildman–Crippen MR) is 71.6 cm³/mol. The van der Waals surface area contributed by atoms with Gasteiger partial charge in [-0.2, -0.15) is 0 Å². The summed E-state index contributed by atoms with van der Waals surface area (Å²) in [4.78, 5) is 6.57. The molecule has 0 bridgehead atoms. The zero-order valence-electron chi connectivity index (χ0n) is 10.9. The van der Waals surface area contributed by atoms with Gasteiger partial charge in [-0.25, -0.2) is 4.98 Å². The first-order valence-electron chi connectivity index (χ1n) is 6.74. The molecule has 2 N–H and O–H groups in total. The topological polar surface area (TPSA) is 56.6 Å². The van der Waals surface area contributed by atoms with Crippen molar-refractivity contribution in [3.05, 3.63) is 23.9 Å². The van der Waals surface area contributed by atoms with Crippen molar-refractivity contribution in [1.82, 2.24) is 4.98 Å². The lowest BCUT2D eigenvalue weighted by molar-refractivity contribution is 0.199. The zero-order chi connectivity index (χ0) is 13.0. The third-order valence-electron chi connectivity index (χ3n) is 3.63. The quantitative estimate of drug-likeness (QED) is 0.860. The average molecular weight is 250 g/mol. The normalized spacial score (nSPS) is 22.6. The van der Waals surface area contributed by atoms with Crippen LogP contribution in [0.25, 0.3) is 0 Å². The first kappa shape index (κ1) is 13.3. The van der Waals surface area contributed by atoms with Gasteiger partial charge in [-0.05, 0) is 37.5 Å². The van der Waals surface area contributed by atoms with Crippen LogP contribution < -0.4 is 4.90 Å². The first-order chi connectivity index (χ1) is 8.72. The molecule has 100 valence electrons. The summed E-state index contributed by atoms with van der Waals surface area (Å²) in [6.07, 6.45) is 5.78. The van der Waals surface area contributed by atoms with Crippen molar-refractivity contribution in [3.8, 4) is 0 Å². The number of hydrogen-bond acceptors (Lipinski definition) is 4. The Hall–Kier alpha value is -1.13. The summed E-state index contributed by atoms with van der Waals surface area (Å²) < 4.78 is 0. The maximum Gasteiger partial charge on any atom is 0.129 e. The van der Waals surface area contributed by atoms with Gasteiger partial charge in [0.05, 0.1) is 18.8 Å². The molecule has 0 spiro atoms. The monoisotopic (exact) mass is 250 g/mol. The Morgan fingerprint density at radius 3 is 3.00 bits per heavy atom. The summed E-state index contributed by atoms with van der Waals surface area (Å²) in [6, 6.07) is 3.92. The SMILES string of the molecule is CC(O)c1ccnc(N2CCCCCC2CO)c1. The van der Waals surface area contributed by atoms with Crippen LogP contribution >= 0.6 is 0 Å². The highest BCUT2D eigenvalue weighted by Gasteiger charge is 2.21. The highest BCUT2D eigenvalue weighted by atomic mass is 16.3. The number of rotatable bonds is 3. The van der Waals surface area contributed by atoms with E-state index in [0.717, 1.165) is 37.2 Å². The standard InChI is InChI=1S/C14H22N2O2/c1-11(18)12-6-7-15-14(9-12)16-8-4-2-3-5-13(16)10-17/h6-7,9,11,13,17-18H,2-5,8,10H2,1H3. The number of hydrogen-bond donors (Lipinski definition) is 2. The third-order valence-corrected chi connectivity index (χ3v) is 3.63. The number of aliphatic hydroxyl groups excluding tert-OH is 2. The summed E-state index contributed by atoms with van der Waals surface area (Å²) in [5, 5.41) is 19.1. The molecular formula is C14H22N2O2. The summed E-state index contributed by atoms with van der Waals surface area (Å²) in [5.41, 5.74) is 0.876. The molecule has 0 aromatic carbocycles. The highest BCUT2D eigenvalue weighted by Crippen LogP contribution is 2.24. The van der Waals surface area contributed by atoms with Crippen LogP contribution in [0, 0.1) is 0 Å². The summed E-state index contributed by atoms with van der Waals surface area (Å²) in [5.74, 6) is 0.870. The Morgan fingerprint density at radius 2 is 2.28 bits per heavy atom. The number of aliphatic hydroxyl groups is 2. The second kappa shape index (κ2) is 6.16. The van der Waals surface area contributed by atoms with Crippen LogP contribution in [0.15, 0.2) is 18.3 Å². The molecule has 1 aromatic heterocycles. The number of pyridine rings is 1. The minimum atomic E-state index is -0.480. The highest BCUT2D eigenvalue weighted by molar-refractivity contribution is 5.43. The Balaban J connectivity index is 2.24. The zero-order valence-corrected chi connectivity index (χ0v) is 10.9. The molecule has 1 aliphatic rings. The van der Waals surface area contributed by atoms with Crippen molar-refractivity contribution >= 4 is 5.82 Å². The van der Waals surface area contributed by atoms with Gasteiger partial charge in [0.1, 0.15) is 5.82 Å². The second-order valence-electron chi connectivity index (χ2n) is 5.00. The molecule has 0 saturated carbocycles. The lowest BCUT2D eigenvalue weighted by Gasteiger charge is -2.30. The van der Waals surface area contributed by atoms with Crippen LogP contribution in [-0.4, -0.2) is 34.4 Å². The smallest absolute Gasteiger partial charge is 0.129 e. The van der Waals surface area contributed by atoms with Crippen molar-refractivity contribution in [1.29, 1.82) is 0 Å². The van der Waals surface area contributed by atoms with E-state index >= 15 is 0 Å². The fourth-order valence-electron chi connectivity index (χ4n) is 2.52. The van der Waals surface area contributed by atoms with E-state index in [1.54, 1.807) is 13.1 Å². The Morgan fingerprint density at radius 1 is 1.44 bits per heavy atom. The summed E-state index contributed by atoms with van der Waals surface area (Å²) in [7, 11) is 0. The minimum absolute atomic E-state index is 0.157. The molecule has 1 fully saturated rings. The van der Waals surface area contributed by atoms with E-state index in [9.17, 15) is 10.2 Å². The second-order valence-corrected chi connectivity index (χ2v) is 5.00. The Labute approximate surface area is 108 Å². The lowest BCUT2D eigenvalue weighted by atomic mass is 10.1. The van der Waals surface area contributed by atoms with E-state index in [1.807, 2.05) is 12.1 Å². The van der Waals surface area contributed by atoms with Gasteiger partial charge in [0.2, 0.25) is 0 Å². The van der Waals surface area contributed by atoms with Crippen molar-refractivity contribution in [2.45, 2.75) is 44.8 Å². The van der Waals surface area contributed by atoms with E-state index < -0.39 is 6.10 Å². The van der Waals surface area contributed by atoms with Gasteiger partial charge < -0.3 is 15.1 Å². The van der Waals surface area contributed by atoms with Crippen molar-refractivity contribution < 1.29 is 10.2 Å². The number of nitrogens with zero attached hydrogens (tertiary/aromatic N) is 2. The fraction of sp³-hybridized carbons (Fsp3) is 0.643. The molecule has 2 atom stereocenters. The van der Waals surface area contributed by atoms with Gasteiger partial charge in [0.15, 0.2) is 0 Å². The molecule has 1 aliphatic heterocycles. The van der Waals surface area contributed by atoms with Crippen LogP contribution in [0.1, 0.15) is 44.3 Å². The predicted octanol–water partition coefficient (Wildman–Crippen LogP) is 1.88. The molecule has 4 nitrogen and oxygen atoms in total. The average Bonchev–Trinajstić information content (AvgIpc) is 2.63. The lowest BCUT2D eigenvalue weighted by Crippen LogP contribution is -2.38. The molecule has 2 heterocycles. The van der Waals surface area contributed by atoms with E-state index in [0.29, 0.717) is 0 Å². The Kier molecular flexibility index (Phi) is 4.55. The van der Waals surface area contributed by atoms with E-state index in [1.165, 1.54) is 6.42 Å². The van der Waals surface area contributed by atoms with Crippen LogP contribution in [-0.2, 0) is 0 Å². The molecule has 2 unspecified atom stereocenters. The molecular weight excluding hydrogens is 228 g/mol. The van der Waals surface area contributed by atoms with Crippen molar-refractivity contribution in [2.24, 2.45) is 0 Å². The van der Waals surface area contributed by atoms with Gasteiger partial charge in [-0.1, -0.05) is 12.8 Å². The number of aromatic nitrogens is 1. The van der Waals surface area contributed by atoms with E-state index in [2.05, 4.69) is 9.88 Å². The maximum atomic E-state index is 9.63. The maximum absolute atomic E-state index is 9.63. The molecule has 18 heavy (non-hydrogen) atoms. The van der Waals surface area contributed by atoms with Gasteiger partial charge in [0, 0.05) is 12.7 Å². The van der Waals surface area contributed by atoms with Crippen molar-refractivity contribution in [3.63, 3.8) is 0 Å². The summed E-state index contributed by atoms with van der Waals surface area (Å²) >= 11 is 0. The van der Waals surface area contributed by atoms with Crippen LogP contribution in [0.4, 0.5) is 5.82 Å². The van der Waals surface area contributed by atoms with E-state index in [4.69, 9.17) is 0 Å². The molecule has 1 saturated heterocycles. The van der Waals surface area contributed by atoms with E-state index in [-0.39, 0.29) is 12.6 Å². The van der Waals surface area contributed by atoms with Crippen LogP contribution in [0.5, 0.6) is 0 Å². The molecule has 0 amide bonds. The van der Waals surface area contributed by atoms with Gasteiger partial charge >= 0.3 is 0 Å². The van der Waals surface area contributed by atoms with Gasteiger partial charge in [0.25, 0.3) is 0 Å². The molecule has 4 heteroatoms. The Bertz CT molecular complexity index is 382. The molecule has 0 radical (unpaired) electrons. The summed E-state index contributed by atoms with van der Waals surface area (Å²) in [6.45, 7) is 2.85. The van der Waals surface area contributed by atoms with Crippen LogP contribution in [0.3, 0.4) is 0 Å². The molecule has 1 aromatic rings. The molecule has 2 rings (SSSR count). The third kappa shape index (κ3) is 3.00. The van der Waals surface area contributed by atoms with Gasteiger partial charge in [-0.3, -0.25) is 0 Å². The van der Waals surface area contributed by atoms with Gasteiger partial charge in [-0.15, -0.1) is 0 Å². The van der Waals surface area contributed by atoms with Crippen LogP contribution in [0.2, 0.25) is 0 Å². The van der Waals surface area contributed by atoms with Crippen molar-refractivity contribution in [2.75, 3.05) is 18.1 Å². The largest absolute Gasteiger partial charge is 0.394 e.